The van der Waals surface area contributed by atoms with Gasteiger partial charge in [-0.25, -0.2) is 17.5 Å². The van der Waals surface area contributed by atoms with Gasteiger partial charge in [0.05, 0.1) is 26.4 Å². The predicted molar refractivity (Wildman–Crippen MR) is 98.1 cm³/mol. The number of non-ortho nitro benzene ring substituents is 1. The molecule has 0 radical (unpaired) electrons. The van der Waals surface area contributed by atoms with E-state index in [9.17, 15) is 37.8 Å². The number of halogens is 1. The van der Waals surface area contributed by atoms with Crippen LogP contribution in [0.4, 0.5) is 21.5 Å². The molecule has 0 heterocycles. The molecule has 154 valence electrons. The highest BCUT2D eigenvalue weighted by Crippen LogP contribution is 2.26. The van der Waals surface area contributed by atoms with E-state index in [1.807, 2.05) is 0 Å². The number of nitrogens with one attached hydrogen (secondary N) is 2. The van der Waals surface area contributed by atoms with Crippen molar-refractivity contribution < 1.29 is 27.4 Å². The summed E-state index contributed by atoms with van der Waals surface area (Å²) < 4.78 is 39.9. The van der Waals surface area contributed by atoms with E-state index in [2.05, 4.69) is 10.0 Å². The molecule has 2 aromatic rings. The van der Waals surface area contributed by atoms with Crippen LogP contribution in [0.2, 0.25) is 0 Å². The summed E-state index contributed by atoms with van der Waals surface area (Å²) in [6, 6.07) is 5.63. The molecular weight excluding hydrogens is 413 g/mol. The van der Waals surface area contributed by atoms with E-state index in [-0.39, 0.29) is 18.0 Å². The average Bonchev–Trinajstić information content (AvgIpc) is 2.66. The summed E-state index contributed by atoms with van der Waals surface area (Å²) in [5.41, 5.74) is 3.31. The maximum atomic E-state index is 13.5. The lowest BCUT2D eigenvalue weighted by Crippen LogP contribution is -2.35. The lowest BCUT2D eigenvalue weighted by atomic mass is 10.1. The Kier molecular flexibility index (Phi) is 6.40. The van der Waals surface area contributed by atoms with Gasteiger partial charge in [-0.05, 0) is 12.1 Å². The number of rotatable bonds is 8. The third-order valence-electron chi connectivity index (χ3n) is 3.61. The minimum Gasteiger partial charge on any atom is -0.393 e. The molecule has 0 aliphatic heterocycles. The van der Waals surface area contributed by atoms with E-state index in [4.69, 9.17) is 5.73 Å². The first-order valence-electron chi connectivity index (χ1n) is 7.78. The molecule has 0 atom stereocenters. The van der Waals surface area contributed by atoms with Crippen molar-refractivity contribution in [2.75, 3.05) is 18.8 Å². The number of anilines is 1. The molecular formula is C15H14FN5O7S. The number of nitrogen functional groups attached to an aromatic ring is 1. The second kappa shape index (κ2) is 8.57. The highest BCUT2D eigenvalue weighted by Gasteiger charge is 2.22. The lowest BCUT2D eigenvalue weighted by molar-refractivity contribution is -0.385. The molecule has 0 saturated carbocycles. The Morgan fingerprint density at radius 1 is 1.10 bits per heavy atom. The van der Waals surface area contributed by atoms with Crippen LogP contribution in [0.15, 0.2) is 41.3 Å². The number of carbonyl (C=O) groups excluding carboxylic acids is 1. The quantitative estimate of drug-likeness (QED) is 0.240. The minimum atomic E-state index is -4.09. The van der Waals surface area contributed by atoms with Crippen molar-refractivity contribution in [1.29, 1.82) is 0 Å². The maximum Gasteiger partial charge on any atom is 0.295 e. The molecule has 2 aromatic carbocycles. The van der Waals surface area contributed by atoms with Gasteiger partial charge in [0.1, 0.15) is 11.5 Å². The summed E-state index contributed by atoms with van der Waals surface area (Å²) in [6.07, 6.45) is 0. The standard InChI is InChI=1S/C15H14FN5O7S/c16-9-6-12(14(17)13(7-9)21(25)26)15(22)18-4-5-19-29(27,28)11-3-1-2-10(8-11)20(23)24/h1-3,6-8,19H,4-5,17H2,(H,18,22). The topological polar surface area (TPSA) is 188 Å². The number of nitrogens with two attached hydrogens (primary N) is 1. The Morgan fingerprint density at radius 3 is 2.41 bits per heavy atom. The SMILES string of the molecule is Nc1c(C(=O)NCCNS(=O)(=O)c2cccc([N+](=O)[O-])c2)cc(F)cc1[N+](=O)[O-]. The molecule has 0 unspecified atom stereocenters. The molecule has 0 aromatic heterocycles. The first-order chi connectivity index (χ1) is 13.5. The van der Waals surface area contributed by atoms with Crippen LogP contribution in [0.25, 0.3) is 0 Å². The molecule has 12 nitrogen and oxygen atoms in total. The van der Waals surface area contributed by atoms with Crippen molar-refractivity contribution in [1.82, 2.24) is 10.0 Å². The van der Waals surface area contributed by atoms with Gasteiger partial charge in [-0.1, -0.05) is 6.07 Å². The molecule has 0 fully saturated rings. The van der Waals surface area contributed by atoms with Gasteiger partial charge in [0.15, 0.2) is 0 Å². The normalized spacial score (nSPS) is 11.1. The summed E-state index contributed by atoms with van der Waals surface area (Å²) in [4.78, 5) is 31.6. The Bertz CT molecular complexity index is 1090. The van der Waals surface area contributed by atoms with Gasteiger partial charge in [0.25, 0.3) is 17.3 Å². The predicted octanol–water partition coefficient (Wildman–Crippen LogP) is 0.933. The zero-order chi connectivity index (χ0) is 21.8. The molecule has 0 spiro atoms. The van der Waals surface area contributed by atoms with Crippen molar-refractivity contribution in [2.24, 2.45) is 0 Å². The number of carbonyl (C=O) groups is 1. The smallest absolute Gasteiger partial charge is 0.295 e. The Balaban J connectivity index is 2.02. The summed E-state index contributed by atoms with van der Waals surface area (Å²) in [7, 11) is -4.09. The van der Waals surface area contributed by atoms with Crippen LogP contribution in [0.3, 0.4) is 0 Å². The fourth-order valence-electron chi connectivity index (χ4n) is 2.25. The summed E-state index contributed by atoms with van der Waals surface area (Å²) in [5, 5.41) is 23.8. The summed E-state index contributed by atoms with van der Waals surface area (Å²) in [5.74, 6) is -1.98. The van der Waals surface area contributed by atoms with Crippen molar-refractivity contribution in [3.63, 3.8) is 0 Å². The summed E-state index contributed by atoms with van der Waals surface area (Å²) >= 11 is 0. The molecule has 29 heavy (non-hydrogen) atoms. The Morgan fingerprint density at radius 2 is 1.79 bits per heavy atom. The Labute approximate surface area is 162 Å². The van der Waals surface area contributed by atoms with Crippen LogP contribution in [0, 0.1) is 26.0 Å². The van der Waals surface area contributed by atoms with Gasteiger partial charge in [0, 0.05) is 25.2 Å². The van der Waals surface area contributed by atoms with Crippen molar-refractivity contribution in [3.8, 4) is 0 Å². The van der Waals surface area contributed by atoms with Crippen molar-refractivity contribution in [2.45, 2.75) is 4.90 Å². The van der Waals surface area contributed by atoms with Gasteiger partial charge in [-0.3, -0.25) is 25.0 Å². The lowest BCUT2D eigenvalue weighted by Gasteiger charge is -2.09. The summed E-state index contributed by atoms with van der Waals surface area (Å²) in [6.45, 7) is -0.579. The number of nitro groups is 2. The maximum absolute atomic E-state index is 13.5. The van der Waals surface area contributed by atoms with E-state index >= 15 is 0 Å². The second-order valence-corrected chi connectivity index (χ2v) is 7.32. The van der Waals surface area contributed by atoms with Crippen LogP contribution >= 0.6 is 0 Å². The Hall–Kier alpha value is -3.65. The van der Waals surface area contributed by atoms with Gasteiger partial charge in [-0.2, -0.15) is 0 Å². The van der Waals surface area contributed by atoms with Crippen LogP contribution in [-0.2, 0) is 10.0 Å². The molecule has 0 bridgehead atoms. The van der Waals surface area contributed by atoms with Gasteiger partial charge < -0.3 is 11.1 Å². The third kappa shape index (κ3) is 5.20. The first-order valence-corrected chi connectivity index (χ1v) is 9.27. The molecule has 0 aliphatic carbocycles. The molecule has 2 rings (SSSR count). The zero-order valence-electron chi connectivity index (χ0n) is 14.5. The van der Waals surface area contributed by atoms with Crippen LogP contribution in [0.5, 0.6) is 0 Å². The van der Waals surface area contributed by atoms with E-state index in [1.54, 1.807) is 0 Å². The third-order valence-corrected chi connectivity index (χ3v) is 5.06. The number of nitro benzene ring substituents is 2. The van der Waals surface area contributed by atoms with Gasteiger partial charge in [0.2, 0.25) is 10.0 Å². The van der Waals surface area contributed by atoms with E-state index in [0.29, 0.717) is 12.1 Å². The van der Waals surface area contributed by atoms with E-state index in [1.165, 1.54) is 6.07 Å². The molecule has 0 aliphatic rings. The number of sulfonamides is 1. The van der Waals surface area contributed by atoms with Crippen molar-refractivity contribution >= 4 is 33.0 Å². The van der Waals surface area contributed by atoms with E-state index < -0.39 is 54.2 Å². The molecule has 14 heteroatoms. The number of hydrogen-bond donors (Lipinski definition) is 3. The zero-order valence-corrected chi connectivity index (χ0v) is 15.3. The first kappa shape index (κ1) is 21.6. The monoisotopic (exact) mass is 427 g/mol. The fourth-order valence-corrected chi connectivity index (χ4v) is 3.32. The number of amides is 1. The van der Waals surface area contributed by atoms with Crippen LogP contribution in [0.1, 0.15) is 10.4 Å². The number of benzene rings is 2. The number of nitrogens with zero attached hydrogens (tertiary/aromatic N) is 2. The van der Waals surface area contributed by atoms with Crippen molar-refractivity contribution in [3.05, 3.63) is 68.0 Å². The number of hydrogen-bond acceptors (Lipinski definition) is 8. The minimum absolute atomic E-state index is 0.267. The van der Waals surface area contributed by atoms with Crippen LogP contribution < -0.4 is 15.8 Å². The molecule has 4 N–H and O–H groups in total. The fraction of sp³-hybridized carbons (Fsp3) is 0.133. The second-order valence-electron chi connectivity index (χ2n) is 5.55. The van der Waals surface area contributed by atoms with Crippen LogP contribution in [-0.4, -0.2) is 37.3 Å². The van der Waals surface area contributed by atoms with E-state index in [0.717, 1.165) is 18.2 Å². The molecule has 0 saturated heterocycles. The largest absolute Gasteiger partial charge is 0.393 e. The highest BCUT2D eigenvalue weighted by molar-refractivity contribution is 7.89. The highest BCUT2D eigenvalue weighted by atomic mass is 32.2. The van der Waals surface area contributed by atoms with Gasteiger partial charge in [-0.15, -0.1) is 0 Å². The van der Waals surface area contributed by atoms with Gasteiger partial charge >= 0.3 is 0 Å². The average molecular weight is 427 g/mol. The molecule has 1 amide bonds.